The van der Waals surface area contributed by atoms with Gasteiger partial charge >= 0.3 is 0 Å². The van der Waals surface area contributed by atoms with E-state index < -0.39 is 9.84 Å². The molecular weight excluding hydrogens is 152 g/mol. The van der Waals surface area contributed by atoms with Crippen LogP contribution in [0.15, 0.2) is 0 Å². The lowest BCUT2D eigenvalue weighted by Crippen LogP contribution is -2.22. The monoisotopic (exact) mass is 164 g/mol. The van der Waals surface area contributed by atoms with E-state index in [1.807, 2.05) is 0 Å². The third-order valence-electron chi connectivity index (χ3n) is 1.80. The minimum absolute atomic E-state index is 0.225. The molecule has 1 unspecified atom stereocenters. The normalized spacial score (nSPS) is 27.1. The van der Waals surface area contributed by atoms with Crippen molar-refractivity contribution in [2.75, 3.05) is 19.0 Å². The quantitative estimate of drug-likeness (QED) is 0.586. The van der Waals surface area contributed by atoms with E-state index in [1.165, 1.54) is 0 Å². The molecule has 1 aliphatic heterocycles. The lowest BCUT2D eigenvalue weighted by molar-refractivity contribution is 0.198. The van der Waals surface area contributed by atoms with Crippen LogP contribution in [0.25, 0.3) is 0 Å². The van der Waals surface area contributed by atoms with Crippen LogP contribution in [0.2, 0.25) is 0 Å². The van der Waals surface area contributed by atoms with Gasteiger partial charge in [0, 0.05) is 12.4 Å². The van der Waals surface area contributed by atoms with Gasteiger partial charge in [0.05, 0.1) is 11.9 Å². The topological polar surface area (TPSA) is 43.4 Å². The molecule has 0 aromatic rings. The van der Waals surface area contributed by atoms with Crippen LogP contribution in [-0.4, -0.2) is 32.6 Å². The first-order chi connectivity index (χ1) is 4.67. The number of ether oxygens (including phenoxy) is 1. The highest BCUT2D eigenvalue weighted by Crippen LogP contribution is 2.13. The first-order valence-electron chi connectivity index (χ1n) is 3.46. The third kappa shape index (κ3) is 1.49. The molecule has 0 saturated carbocycles. The predicted molar refractivity (Wildman–Crippen MR) is 38.7 cm³/mol. The summed E-state index contributed by atoms with van der Waals surface area (Å²) < 4.78 is 27.2. The average Bonchev–Trinajstić information content (AvgIpc) is 2.38. The maximum Gasteiger partial charge on any atom is 0.155 e. The second-order valence-corrected chi connectivity index (χ2v) is 5.01. The number of rotatable bonds is 2. The van der Waals surface area contributed by atoms with E-state index in [9.17, 15) is 8.42 Å². The molecule has 1 aliphatic rings. The molecular formula is C6H12O3S. The van der Waals surface area contributed by atoms with Crippen LogP contribution in [-0.2, 0) is 14.6 Å². The maximum atomic E-state index is 11.1. The van der Waals surface area contributed by atoms with Crippen molar-refractivity contribution in [1.29, 1.82) is 0 Å². The molecule has 10 heavy (non-hydrogen) atoms. The molecule has 0 radical (unpaired) electrons. The van der Waals surface area contributed by atoms with E-state index in [2.05, 4.69) is 0 Å². The minimum atomic E-state index is -2.82. The van der Waals surface area contributed by atoms with Gasteiger partial charge in [0.2, 0.25) is 0 Å². The molecule has 0 aromatic carbocycles. The second-order valence-electron chi connectivity index (χ2n) is 2.44. The van der Waals surface area contributed by atoms with Gasteiger partial charge in [-0.1, -0.05) is 6.92 Å². The highest BCUT2D eigenvalue weighted by molar-refractivity contribution is 7.92. The van der Waals surface area contributed by atoms with Gasteiger partial charge in [0.1, 0.15) is 0 Å². The van der Waals surface area contributed by atoms with Gasteiger partial charge in [0.15, 0.2) is 9.84 Å². The van der Waals surface area contributed by atoms with Crippen molar-refractivity contribution < 1.29 is 13.2 Å². The van der Waals surface area contributed by atoms with E-state index in [-0.39, 0.29) is 11.0 Å². The van der Waals surface area contributed by atoms with Gasteiger partial charge in [-0.3, -0.25) is 0 Å². The maximum absolute atomic E-state index is 11.1. The Bertz CT molecular complexity index is 189. The molecule has 1 saturated heterocycles. The van der Waals surface area contributed by atoms with Gasteiger partial charge in [0.25, 0.3) is 0 Å². The largest absolute Gasteiger partial charge is 0.380 e. The molecule has 1 atom stereocenters. The van der Waals surface area contributed by atoms with E-state index in [1.54, 1.807) is 6.92 Å². The van der Waals surface area contributed by atoms with Crippen LogP contribution in [0.3, 0.4) is 0 Å². The molecule has 0 amide bonds. The van der Waals surface area contributed by atoms with Gasteiger partial charge < -0.3 is 4.74 Å². The van der Waals surface area contributed by atoms with Crippen molar-refractivity contribution in [3.8, 4) is 0 Å². The molecule has 1 heterocycles. The summed E-state index contributed by atoms with van der Waals surface area (Å²) in [5.74, 6) is 0.237. The second kappa shape index (κ2) is 2.88. The Hall–Kier alpha value is -0.0900. The number of sulfone groups is 1. The van der Waals surface area contributed by atoms with Gasteiger partial charge in [-0.2, -0.15) is 0 Å². The van der Waals surface area contributed by atoms with Crippen molar-refractivity contribution in [2.45, 2.75) is 18.6 Å². The zero-order valence-electron chi connectivity index (χ0n) is 6.04. The first kappa shape index (κ1) is 8.01. The molecule has 0 aliphatic carbocycles. The minimum Gasteiger partial charge on any atom is -0.380 e. The molecule has 60 valence electrons. The highest BCUT2D eigenvalue weighted by Gasteiger charge is 2.27. The SMILES string of the molecule is CCS(=O)(=O)C1CCOC1. The molecule has 0 spiro atoms. The summed E-state index contributed by atoms with van der Waals surface area (Å²) in [6.07, 6.45) is 0.677. The lowest BCUT2D eigenvalue weighted by atomic mass is 10.4. The van der Waals surface area contributed by atoms with E-state index in [0.717, 1.165) is 0 Å². The van der Waals surface area contributed by atoms with Gasteiger partial charge in [-0.25, -0.2) is 8.42 Å². The first-order valence-corrected chi connectivity index (χ1v) is 5.17. The van der Waals surface area contributed by atoms with Crippen molar-refractivity contribution >= 4 is 9.84 Å². The lowest BCUT2D eigenvalue weighted by Gasteiger charge is -2.05. The average molecular weight is 164 g/mol. The Kier molecular flexibility index (Phi) is 2.31. The standard InChI is InChI=1S/C6H12O3S/c1-2-10(7,8)6-3-4-9-5-6/h6H,2-5H2,1H3. The smallest absolute Gasteiger partial charge is 0.155 e. The zero-order valence-corrected chi connectivity index (χ0v) is 6.86. The fourth-order valence-electron chi connectivity index (χ4n) is 1.03. The van der Waals surface area contributed by atoms with E-state index >= 15 is 0 Å². The number of hydrogen-bond donors (Lipinski definition) is 0. The summed E-state index contributed by atoms with van der Waals surface area (Å²) in [5.41, 5.74) is 0. The van der Waals surface area contributed by atoms with Crippen molar-refractivity contribution in [3.05, 3.63) is 0 Å². The van der Waals surface area contributed by atoms with Gasteiger partial charge in [-0.05, 0) is 6.42 Å². The predicted octanol–water partition coefficient (Wildman–Crippen LogP) is 0.210. The van der Waals surface area contributed by atoms with Crippen molar-refractivity contribution in [3.63, 3.8) is 0 Å². The van der Waals surface area contributed by atoms with Crippen LogP contribution in [0.5, 0.6) is 0 Å². The zero-order chi connectivity index (χ0) is 7.61. The van der Waals surface area contributed by atoms with Crippen LogP contribution in [0.4, 0.5) is 0 Å². The van der Waals surface area contributed by atoms with Crippen LogP contribution < -0.4 is 0 Å². The fraction of sp³-hybridized carbons (Fsp3) is 1.00. The Morgan fingerprint density at radius 1 is 1.60 bits per heavy atom. The molecule has 0 N–H and O–H groups in total. The van der Waals surface area contributed by atoms with Gasteiger partial charge in [-0.15, -0.1) is 0 Å². The Balaban J connectivity index is 2.63. The third-order valence-corrected chi connectivity index (χ3v) is 3.99. The molecule has 4 heteroatoms. The molecule has 1 rings (SSSR count). The highest BCUT2D eigenvalue weighted by atomic mass is 32.2. The molecule has 3 nitrogen and oxygen atoms in total. The van der Waals surface area contributed by atoms with E-state index in [4.69, 9.17) is 4.74 Å². The fourth-order valence-corrected chi connectivity index (χ4v) is 2.26. The molecule has 1 fully saturated rings. The summed E-state index contributed by atoms with van der Waals surface area (Å²) in [6.45, 7) is 2.67. The Labute approximate surface area is 61.3 Å². The van der Waals surface area contributed by atoms with E-state index in [0.29, 0.717) is 19.6 Å². The van der Waals surface area contributed by atoms with Crippen molar-refractivity contribution in [1.82, 2.24) is 0 Å². The Morgan fingerprint density at radius 3 is 2.70 bits per heavy atom. The molecule has 0 aromatic heterocycles. The van der Waals surface area contributed by atoms with Crippen LogP contribution >= 0.6 is 0 Å². The molecule has 0 bridgehead atoms. The summed E-state index contributed by atoms with van der Waals surface area (Å²) in [7, 11) is -2.82. The summed E-state index contributed by atoms with van der Waals surface area (Å²) in [5, 5.41) is -0.225. The van der Waals surface area contributed by atoms with Crippen LogP contribution in [0.1, 0.15) is 13.3 Å². The summed E-state index contributed by atoms with van der Waals surface area (Å²) in [6, 6.07) is 0. The van der Waals surface area contributed by atoms with Crippen molar-refractivity contribution in [2.24, 2.45) is 0 Å². The summed E-state index contributed by atoms with van der Waals surface area (Å²) >= 11 is 0. The number of hydrogen-bond acceptors (Lipinski definition) is 3. The summed E-state index contributed by atoms with van der Waals surface area (Å²) in [4.78, 5) is 0. The van der Waals surface area contributed by atoms with Crippen LogP contribution in [0, 0.1) is 0 Å². The Morgan fingerprint density at radius 2 is 2.30 bits per heavy atom.